The Bertz CT molecular complexity index is 911. The van der Waals surface area contributed by atoms with Crippen molar-refractivity contribution in [1.82, 2.24) is 0 Å². The van der Waals surface area contributed by atoms with E-state index in [4.69, 9.17) is 9.47 Å². The number of piperidine rings is 1. The quantitative estimate of drug-likeness (QED) is 0.434. The average molecular weight is 418 g/mol. The zero-order valence-electron chi connectivity index (χ0n) is 16.7. The van der Waals surface area contributed by atoms with E-state index < -0.39 is 29.4 Å². The number of hydrogen-bond donors (Lipinski definition) is 0. The summed E-state index contributed by atoms with van der Waals surface area (Å²) in [5.41, 5.74) is -2.77. The molecule has 4 nitrogen and oxygen atoms in total. The SMILES string of the molecule is C[N+]1(C)C2CC(OC(=O)C(F)(c3ccc(F)cc3)c3ccc(F)cc3)CC1[C@@H]1OC21. The van der Waals surface area contributed by atoms with Crippen molar-refractivity contribution >= 4 is 5.97 Å². The molecule has 0 amide bonds. The van der Waals surface area contributed by atoms with Crippen LogP contribution in [0.3, 0.4) is 0 Å². The lowest BCUT2D eigenvalue weighted by Crippen LogP contribution is -2.60. The summed E-state index contributed by atoms with van der Waals surface area (Å²) in [6, 6.07) is 9.63. The second kappa shape index (κ2) is 6.56. The number of ether oxygens (including phenoxy) is 2. The maximum absolute atomic E-state index is 16.4. The van der Waals surface area contributed by atoms with Gasteiger partial charge in [0.15, 0.2) is 0 Å². The third-order valence-corrected chi connectivity index (χ3v) is 7.08. The first kappa shape index (κ1) is 19.6. The van der Waals surface area contributed by atoms with Gasteiger partial charge in [0, 0.05) is 24.0 Å². The Balaban J connectivity index is 1.44. The molecular formula is C23H23F3NO3+. The van der Waals surface area contributed by atoms with Gasteiger partial charge in [-0.15, -0.1) is 0 Å². The minimum Gasteiger partial charge on any atom is -0.459 e. The van der Waals surface area contributed by atoms with Gasteiger partial charge in [-0.25, -0.2) is 18.0 Å². The van der Waals surface area contributed by atoms with Crippen LogP contribution in [-0.4, -0.2) is 54.9 Å². The minimum absolute atomic E-state index is 0.0541. The number of carbonyl (C=O) groups is 1. The van der Waals surface area contributed by atoms with E-state index >= 15 is 4.39 Å². The second-order valence-electron chi connectivity index (χ2n) is 9.00. The van der Waals surface area contributed by atoms with Crippen molar-refractivity contribution in [3.8, 4) is 0 Å². The molecule has 3 aliphatic rings. The maximum Gasteiger partial charge on any atom is 0.353 e. The molecule has 0 N–H and O–H groups in total. The summed E-state index contributed by atoms with van der Waals surface area (Å²) in [6.45, 7) is 0. The molecule has 3 heterocycles. The zero-order valence-corrected chi connectivity index (χ0v) is 16.7. The molecule has 0 saturated carbocycles. The van der Waals surface area contributed by atoms with Crippen LogP contribution in [0.2, 0.25) is 0 Å². The van der Waals surface area contributed by atoms with Gasteiger partial charge >= 0.3 is 5.97 Å². The van der Waals surface area contributed by atoms with Crippen molar-refractivity contribution in [1.29, 1.82) is 0 Å². The van der Waals surface area contributed by atoms with Crippen molar-refractivity contribution in [2.75, 3.05) is 14.1 Å². The van der Waals surface area contributed by atoms with Crippen LogP contribution in [0.4, 0.5) is 13.2 Å². The van der Waals surface area contributed by atoms with Crippen molar-refractivity contribution in [3.63, 3.8) is 0 Å². The fourth-order valence-electron chi connectivity index (χ4n) is 5.30. The molecule has 30 heavy (non-hydrogen) atoms. The fraction of sp³-hybridized carbons (Fsp3) is 0.435. The van der Waals surface area contributed by atoms with E-state index in [9.17, 15) is 13.6 Å². The summed E-state index contributed by atoms with van der Waals surface area (Å²) >= 11 is 0. The van der Waals surface area contributed by atoms with Crippen molar-refractivity contribution in [2.24, 2.45) is 0 Å². The van der Waals surface area contributed by atoms with Gasteiger partial charge in [-0.2, -0.15) is 0 Å². The Morgan fingerprint density at radius 3 is 1.80 bits per heavy atom. The number of fused-ring (bicyclic) bond motifs is 5. The Morgan fingerprint density at radius 1 is 0.933 bits per heavy atom. The number of alkyl halides is 1. The number of esters is 1. The Kier molecular flexibility index (Phi) is 4.28. The van der Waals surface area contributed by atoms with E-state index in [0.717, 1.165) is 28.7 Å². The van der Waals surface area contributed by atoms with Gasteiger partial charge in [0.2, 0.25) is 0 Å². The first-order chi connectivity index (χ1) is 14.2. The van der Waals surface area contributed by atoms with Crippen LogP contribution < -0.4 is 0 Å². The van der Waals surface area contributed by atoms with Crippen LogP contribution in [0, 0.1) is 11.6 Å². The van der Waals surface area contributed by atoms with Crippen LogP contribution in [0.1, 0.15) is 24.0 Å². The van der Waals surface area contributed by atoms with E-state index in [0.29, 0.717) is 12.8 Å². The molecule has 7 heteroatoms. The Labute approximate surface area is 172 Å². The van der Waals surface area contributed by atoms with Crippen molar-refractivity contribution in [3.05, 3.63) is 71.3 Å². The molecule has 158 valence electrons. The number of quaternary nitrogens is 1. The highest BCUT2D eigenvalue weighted by atomic mass is 19.1. The van der Waals surface area contributed by atoms with Crippen LogP contribution in [-0.2, 0) is 19.9 Å². The summed E-state index contributed by atoms with van der Waals surface area (Å²) < 4.78 is 55.4. The first-order valence-corrected chi connectivity index (χ1v) is 10.1. The van der Waals surface area contributed by atoms with Crippen LogP contribution >= 0.6 is 0 Å². The molecule has 5 atom stereocenters. The number of nitrogens with zero attached hydrogens (tertiary/aromatic N) is 1. The monoisotopic (exact) mass is 418 g/mol. The smallest absolute Gasteiger partial charge is 0.353 e. The number of benzene rings is 2. The number of rotatable bonds is 4. The predicted octanol–water partition coefficient (Wildman–Crippen LogP) is 3.48. The molecule has 3 fully saturated rings. The van der Waals surface area contributed by atoms with Crippen molar-refractivity contribution in [2.45, 2.75) is 48.9 Å². The lowest BCUT2D eigenvalue weighted by Gasteiger charge is -2.45. The van der Waals surface area contributed by atoms with E-state index in [-0.39, 0.29) is 35.4 Å². The number of morpholine rings is 1. The molecule has 2 aromatic carbocycles. The number of epoxide rings is 1. The molecular weight excluding hydrogens is 395 g/mol. The van der Waals surface area contributed by atoms with Gasteiger partial charge < -0.3 is 14.0 Å². The maximum atomic E-state index is 16.4. The molecule has 0 aliphatic carbocycles. The summed E-state index contributed by atoms with van der Waals surface area (Å²) in [4.78, 5) is 13.2. The molecule has 2 bridgehead atoms. The second-order valence-corrected chi connectivity index (χ2v) is 9.00. The number of halogens is 3. The fourth-order valence-corrected chi connectivity index (χ4v) is 5.30. The lowest BCUT2D eigenvalue weighted by molar-refractivity contribution is -0.938. The number of likely N-dealkylation sites (N-methyl/N-ethyl adjacent to an activating group) is 1. The van der Waals surface area contributed by atoms with Gasteiger partial charge in [-0.1, -0.05) is 24.3 Å². The van der Waals surface area contributed by atoms with Gasteiger partial charge in [0.25, 0.3) is 5.67 Å². The normalized spacial score (nSPS) is 31.2. The lowest BCUT2D eigenvalue weighted by atomic mass is 9.87. The van der Waals surface area contributed by atoms with Crippen molar-refractivity contribution < 1.29 is 31.9 Å². The molecule has 0 spiro atoms. The van der Waals surface area contributed by atoms with Gasteiger partial charge in [-0.3, -0.25) is 0 Å². The summed E-state index contributed by atoms with van der Waals surface area (Å²) in [5.74, 6) is -2.15. The largest absolute Gasteiger partial charge is 0.459 e. The van der Waals surface area contributed by atoms with E-state index in [2.05, 4.69) is 14.1 Å². The predicted molar refractivity (Wildman–Crippen MR) is 102 cm³/mol. The summed E-state index contributed by atoms with van der Waals surface area (Å²) in [6.07, 6.45) is 1.13. The van der Waals surface area contributed by atoms with E-state index in [1.807, 2.05) is 0 Å². The van der Waals surface area contributed by atoms with Gasteiger partial charge in [0.1, 0.15) is 42.0 Å². The number of carbonyl (C=O) groups excluding carboxylic acids is 1. The summed E-state index contributed by atoms with van der Waals surface area (Å²) in [7, 11) is 4.30. The minimum atomic E-state index is -2.66. The van der Waals surface area contributed by atoms with E-state index in [1.165, 1.54) is 24.3 Å². The average Bonchev–Trinajstić information content (AvgIpc) is 3.47. The molecule has 5 rings (SSSR count). The highest BCUT2D eigenvalue weighted by molar-refractivity contribution is 5.85. The van der Waals surface area contributed by atoms with Crippen LogP contribution in [0.25, 0.3) is 0 Å². The highest BCUT2D eigenvalue weighted by Crippen LogP contribution is 2.52. The number of hydrogen-bond acceptors (Lipinski definition) is 3. The third kappa shape index (κ3) is 2.87. The van der Waals surface area contributed by atoms with Gasteiger partial charge in [-0.05, 0) is 24.3 Å². The highest BCUT2D eigenvalue weighted by Gasteiger charge is 2.71. The third-order valence-electron chi connectivity index (χ3n) is 7.08. The standard InChI is InChI=1S/C23H23F3NO3/c1-27(2)18-11-17(12-19(27)21-20(18)30-21)29-22(28)23(26,13-3-7-15(24)8-4-13)14-5-9-16(25)10-6-14/h3-10,17-21H,11-12H2,1-2H3/q+1/t17?,18?,19?,20-,21?/m0/s1. The molecule has 0 aromatic heterocycles. The molecule has 0 radical (unpaired) electrons. The van der Waals surface area contributed by atoms with Crippen LogP contribution in [0.15, 0.2) is 48.5 Å². The Hall–Kier alpha value is -2.38. The van der Waals surface area contributed by atoms with Gasteiger partial charge in [0.05, 0.1) is 14.1 Å². The van der Waals surface area contributed by atoms with E-state index in [1.54, 1.807) is 0 Å². The first-order valence-electron chi connectivity index (χ1n) is 10.1. The zero-order chi connectivity index (χ0) is 21.3. The molecule has 3 saturated heterocycles. The topological polar surface area (TPSA) is 38.8 Å². The molecule has 2 aromatic rings. The molecule has 4 unspecified atom stereocenters. The Morgan fingerprint density at radius 2 is 1.37 bits per heavy atom. The summed E-state index contributed by atoms with van der Waals surface area (Å²) in [5, 5.41) is 0. The molecule has 3 aliphatic heterocycles. The van der Waals surface area contributed by atoms with Crippen LogP contribution in [0.5, 0.6) is 0 Å².